The molecule has 1 aromatic heterocycles. The molecule has 0 bridgehead atoms. The number of hydrogen-bond donors (Lipinski definition) is 0. The summed E-state index contributed by atoms with van der Waals surface area (Å²) >= 11 is 2.00. The Kier molecular flexibility index (Phi) is 4.98. The average molecular weight is 369 g/mol. The lowest BCUT2D eigenvalue weighted by Crippen LogP contribution is -2.47. The second-order valence-electron chi connectivity index (χ2n) is 8.78. The molecule has 2 aliphatic rings. The highest BCUT2D eigenvalue weighted by atomic mass is 32.1. The van der Waals surface area contributed by atoms with Crippen LogP contribution in [0.4, 0.5) is 0 Å². The minimum atomic E-state index is 0.261. The third-order valence-electron chi connectivity index (χ3n) is 6.96. The van der Waals surface area contributed by atoms with Gasteiger partial charge in [0.2, 0.25) is 0 Å². The summed E-state index contributed by atoms with van der Waals surface area (Å²) in [6, 6.07) is 15.7. The summed E-state index contributed by atoms with van der Waals surface area (Å²) in [5.41, 5.74) is 2.27. The molecule has 1 spiro atoms. The quantitative estimate of drug-likeness (QED) is 0.724. The van der Waals surface area contributed by atoms with Crippen LogP contribution in [-0.4, -0.2) is 37.0 Å². The third-order valence-corrected chi connectivity index (χ3v) is 8.15. The summed E-state index contributed by atoms with van der Waals surface area (Å²) in [5.74, 6) is 0. The van der Waals surface area contributed by atoms with Gasteiger partial charge in [0.1, 0.15) is 0 Å². The van der Waals surface area contributed by atoms with E-state index in [4.69, 9.17) is 0 Å². The Morgan fingerprint density at radius 1 is 0.962 bits per heavy atom. The standard InChI is InChI=1S/C23H32N2S/c1-19-9-10-21(26-19)23(24(2)3)13-11-22(12-14-23)15-16-25(18-22)17-20-7-5-4-6-8-20/h4-10H,11-18H2,1-3H3. The molecule has 1 saturated carbocycles. The average Bonchev–Trinajstić information content (AvgIpc) is 3.24. The Morgan fingerprint density at radius 2 is 1.69 bits per heavy atom. The fourth-order valence-corrected chi connectivity index (χ4v) is 6.40. The first kappa shape index (κ1) is 18.2. The highest BCUT2D eigenvalue weighted by Crippen LogP contribution is 2.53. The first-order chi connectivity index (χ1) is 12.5. The lowest BCUT2D eigenvalue weighted by Gasteiger charge is -2.48. The molecule has 1 saturated heterocycles. The summed E-state index contributed by atoms with van der Waals surface area (Å²) in [4.78, 5) is 8.21. The predicted molar refractivity (Wildman–Crippen MR) is 112 cm³/mol. The van der Waals surface area contributed by atoms with Crippen LogP contribution in [0.3, 0.4) is 0 Å². The fraction of sp³-hybridized carbons (Fsp3) is 0.565. The maximum atomic E-state index is 2.69. The zero-order chi connectivity index (χ0) is 18.2. The van der Waals surface area contributed by atoms with Crippen LogP contribution in [0.25, 0.3) is 0 Å². The van der Waals surface area contributed by atoms with Crippen LogP contribution in [0, 0.1) is 12.3 Å². The smallest absolute Gasteiger partial charge is 0.0549 e. The zero-order valence-electron chi connectivity index (χ0n) is 16.5. The summed E-state index contributed by atoms with van der Waals surface area (Å²) in [6.07, 6.45) is 6.73. The lowest BCUT2D eigenvalue weighted by atomic mass is 9.66. The van der Waals surface area contributed by atoms with Crippen molar-refractivity contribution >= 4 is 11.3 Å². The van der Waals surface area contributed by atoms with Crippen molar-refractivity contribution in [3.05, 3.63) is 57.8 Å². The number of thiophene rings is 1. The van der Waals surface area contributed by atoms with Crippen LogP contribution in [0.15, 0.2) is 42.5 Å². The van der Waals surface area contributed by atoms with Crippen LogP contribution in [0.1, 0.15) is 47.4 Å². The SMILES string of the molecule is Cc1ccc(C2(N(C)C)CCC3(CCN(Cc4ccccc4)C3)CC2)s1. The molecular formula is C23H32N2S. The summed E-state index contributed by atoms with van der Waals surface area (Å²) in [7, 11) is 4.56. The van der Waals surface area contributed by atoms with E-state index in [1.54, 1.807) is 4.88 Å². The van der Waals surface area contributed by atoms with Crippen LogP contribution >= 0.6 is 11.3 Å². The summed E-state index contributed by atoms with van der Waals surface area (Å²) < 4.78 is 0. The van der Waals surface area contributed by atoms with Gasteiger partial charge in [-0.15, -0.1) is 11.3 Å². The Hall–Kier alpha value is -1.16. The molecule has 2 aromatic rings. The largest absolute Gasteiger partial charge is 0.299 e. The molecule has 4 rings (SSSR count). The molecule has 1 aliphatic heterocycles. The number of benzene rings is 1. The van der Waals surface area contributed by atoms with Gasteiger partial charge in [-0.2, -0.15) is 0 Å². The number of rotatable bonds is 4. The Morgan fingerprint density at radius 3 is 2.31 bits per heavy atom. The molecule has 2 heterocycles. The van der Waals surface area contributed by atoms with E-state index in [1.165, 1.54) is 55.6 Å². The normalized spacial score (nSPS) is 29.7. The van der Waals surface area contributed by atoms with E-state index >= 15 is 0 Å². The van der Waals surface area contributed by atoms with Gasteiger partial charge in [0, 0.05) is 22.8 Å². The van der Waals surface area contributed by atoms with Crippen LogP contribution in [-0.2, 0) is 12.1 Å². The van der Waals surface area contributed by atoms with Gasteiger partial charge in [0.05, 0.1) is 5.54 Å². The highest BCUT2D eigenvalue weighted by molar-refractivity contribution is 7.12. The molecule has 1 aliphatic carbocycles. The van der Waals surface area contributed by atoms with E-state index < -0.39 is 0 Å². The summed E-state index contributed by atoms with van der Waals surface area (Å²) in [6.45, 7) is 5.91. The second kappa shape index (κ2) is 7.10. The van der Waals surface area contributed by atoms with E-state index in [9.17, 15) is 0 Å². The van der Waals surface area contributed by atoms with Gasteiger partial charge in [0.25, 0.3) is 0 Å². The van der Waals surface area contributed by atoms with Crippen molar-refractivity contribution in [2.45, 2.75) is 51.1 Å². The van der Waals surface area contributed by atoms with Crippen molar-refractivity contribution < 1.29 is 0 Å². The van der Waals surface area contributed by atoms with Gasteiger partial charge in [-0.1, -0.05) is 30.3 Å². The molecule has 2 nitrogen and oxygen atoms in total. The van der Waals surface area contributed by atoms with Gasteiger partial charge in [0.15, 0.2) is 0 Å². The molecular weight excluding hydrogens is 336 g/mol. The van der Waals surface area contributed by atoms with E-state index in [1.807, 2.05) is 11.3 Å². The first-order valence-corrected chi connectivity index (χ1v) is 10.8. The first-order valence-electron chi connectivity index (χ1n) is 10.0. The van der Waals surface area contributed by atoms with Gasteiger partial charge in [-0.05, 0) is 82.8 Å². The van der Waals surface area contributed by atoms with E-state index in [0.29, 0.717) is 5.41 Å². The monoisotopic (exact) mass is 368 g/mol. The van der Waals surface area contributed by atoms with E-state index in [2.05, 4.69) is 73.3 Å². The molecule has 3 heteroatoms. The van der Waals surface area contributed by atoms with Crippen molar-refractivity contribution in [3.63, 3.8) is 0 Å². The Balaban J connectivity index is 1.44. The van der Waals surface area contributed by atoms with Crippen LogP contribution < -0.4 is 0 Å². The molecule has 1 aromatic carbocycles. The van der Waals surface area contributed by atoms with Gasteiger partial charge >= 0.3 is 0 Å². The Labute approximate surface area is 162 Å². The van der Waals surface area contributed by atoms with Gasteiger partial charge < -0.3 is 0 Å². The maximum Gasteiger partial charge on any atom is 0.0549 e. The number of nitrogens with zero attached hydrogens (tertiary/aromatic N) is 2. The second-order valence-corrected chi connectivity index (χ2v) is 10.1. The molecule has 0 N–H and O–H groups in total. The van der Waals surface area contributed by atoms with Crippen molar-refractivity contribution in [3.8, 4) is 0 Å². The number of likely N-dealkylation sites (tertiary alicyclic amines) is 1. The van der Waals surface area contributed by atoms with Gasteiger partial charge in [-0.25, -0.2) is 0 Å². The third kappa shape index (κ3) is 3.37. The summed E-state index contributed by atoms with van der Waals surface area (Å²) in [5, 5.41) is 0. The van der Waals surface area contributed by atoms with E-state index in [0.717, 1.165) is 6.54 Å². The Bertz CT molecular complexity index is 726. The van der Waals surface area contributed by atoms with Crippen molar-refractivity contribution in [2.75, 3.05) is 27.2 Å². The number of aryl methyl sites for hydroxylation is 1. The molecule has 0 radical (unpaired) electrons. The molecule has 140 valence electrons. The molecule has 0 atom stereocenters. The predicted octanol–water partition coefficient (Wildman–Crippen LogP) is 5.28. The van der Waals surface area contributed by atoms with Gasteiger partial charge in [-0.3, -0.25) is 9.80 Å². The lowest BCUT2D eigenvalue weighted by molar-refractivity contribution is 0.0404. The molecule has 0 unspecified atom stereocenters. The molecule has 26 heavy (non-hydrogen) atoms. The van der Waals surface area contributed by atoms with Crippen LogP contribution in [0.2, 0.25) is 0 Å². The minimum absolute atomic E-state index is 0.261. The van der Waals surface area contributed by atoms with Crippen LogP contribution in [0.5, 0.6) is 0 Å². The topological polar surface area (TPSA) is 6.48 Å². The van der Waals surface area contributed by atoms with Crippen molar-refractivity contribution in [1.29, 1.82) is 0 Å². The van der Waals surface area contributed by atoms with Crippen molar-refractivity contribution in [2.24, 2.45) is 5.41 Å². The fourth-order valence-electron chi connectivity index (χ4n) is 5.20. The number of hydrogen-bond acceptors (Lipinski definition) is 3. The zero-order valence-corrected chi connectivity index (χ0v) is 17.3. The molecule has 0 amide bonds. The van der Waals surface area contributed by atoms with Crippen molar-refractivity contribution in [1.82, 2.24) is 9.80 Å². The van der Waals surface area contributed by atoms with E-state index in [-0.39, 0.29) is 5.54 Å². The highest BCUT2D eigenvalue weighted by Gasteiger charge is 2.48. The minimum Gasteiger partial charge on any atom is -0.299 e. The maximum absolute atomic E-state index is 2.69. The molecule has 2 fully saturated rings.